The normalized spacial score (nSPS) is 33.6. The Morgan fingerprint density at radius 3 is 2.07 bits per heavy atom. The molecular weight excluding hydrogens is 967 g/mol. The minimum atomic E-state index is -5.10. The molecule has 9 N–H and O–H groups in total. The lowest BCUT2D eigenvalue weighted by Gasteiger charge is -2.49. The number of carbonyl (C=O) groups excluding carboxylic acids is 3. The number of aliphatic carboxylic acids is 1. The van der Waals surface area contributed by atoms with Crippen LogP contribution in [0.1, 0.15) is 111 Å². The highest BCUT2D eigenvalue weighted by molar-refractivity contribution is 7.81. The zero-order valence-corrected chi connectivity index (χ0v) is 40.6. The van der Waals surface area contributed by atoms with E-state index in [4.69, 9.17) is 37.5 Å². The molecule has 0 spiro atoms. The van der Waals surface area contributed by atoms with Crippen LogP contribution in [0.2, 0.25) is 0 Å². The van der Waals surface area contributed by atoms with Crippen LogP contribution in [0.25, 0.3) is 0 Å². The van der Waals surface area contributed by atoms with E-state index in [1.165, 1.54) is 13.8 Å². The van der Waals surface area contributed by atoms with Gasteiger partial charge in [0.1, 0.15) is 60.3 Å². The van der Waals surface area contributed by atoms with Crippen LogP contribution < -0.4 is 5.32 Å². The second-order valence-corrected chi connectivity index (χ2v) is 20.4. The largest absolute Gasteiger partial charge is 0.479 e. The molecule has 7 unspecified atom stereocenters. The molecule has 1 amide bonds. The fourth-order valence-corrected chi connectivity index (χ4v) is 10.3. The maximum absolute atomic E-state index is 13.9. The average Bonchev–Trinajstić information content (AvgIpc) is 3.27. The van der Waals surface area contributed by atoms with E-state index in [1.807, 2.05) is 6.92 Å². The van der Waals surface area contributed by atoms with Crippen LogP contribution in [0.4, 0.5) is 0 Å². The standard InChI is InChI=1S/C42H71NO24S2/c1-4-25-17-26(29(47)13-9-15-60-14-8-12-27(46)19-28(67-69(57,58)59)21-61-68(54,55)56)18-30(38(25)66-42-37(51)36(50)34(48)22(2)62-42)64-41-33(43-23(3)45)39(35(49)32(20-44)65-41)63-31(40(52)53)16-24-10-6-5-7-11-24/h22,24-26,28,30-39,41-42,44,48-51H,4-21H2,1-3H3,(H,43,45)(H,52,53)(H,54,55,56)(H,57,58,59)/t22?,25?,26?,28-,30+,31-,32?,33?,34+,35-,36?,37-,38+,39?,41+,42-/m0/s1. The Morgan fingerprint density at radius 2 is 1.48 bits per heavy atom. The number of aliphatic hydroxyl groups is 5. The third-order valence-electron chi connectivity index (χ3n) is 13.0. The predicted octanol–water partition coefficient (Wildman–Crippen LogP) is -0.475. The number of Topliss-reactive ketones (excluding diaryl/α,β-unsaturated/α-hetero) is 2. The van der Waals surface area contributed by atoms with E-state index in [1.54, 1.807) is 0 Å². The van der Waals surface area contributed by atoms with Crippen molar-refractivity contribution in [2.24, 2.45) is 17.8 Å². The zero-order valence-electron chi connectivity index (χ0n) is 39.0. The molecule has 4 fully saturated rings. The predicted molar refractivity (Wildman–Crippen MR) is 233 cm³/mol. The molecular formula is C42H71NO24S2. The van der Waals surface area contributed by atoms with Crippen molar-refractivity contribution >= 4 is 44.2 Å². The quantitative estimate of drug-likeness (QED) is 0.0353. The molecule has 0 bridgehead atoms. The summed E-state index contributed by atoms with van der Waals surface area (Å²) >= 11 is 0. The summed E-state index contributed by atoms with van der Waals surface area (Å²) in [5.74, 6) is -3.83. The Balaban J connectivity index is 1.48. The van der Waals surface area contributed by atoms with E-state index >= 15 is 0 Å². The van der Waals surface area contributed by atoms with Gasteiger partial charge in [0, 0.05) is 45.3 Å². The molecule has 400 valence electrons. The molecule has 0 aromatic rings. The molecule has 4 aliphatic rings. The third-order valence-corrected chi connectivity index (χ3v) is 13.9. The van der Waals surface area contributed by atoms with Gasteiger partial charge in [-0.05, 0) is 50.9 Å². The van der Waals surface area contributed by atoms with E-state index in [-0.39, 0.29) is 69.9 Å². The molecule has 2 aliphatic carbocycles. The minimum absolute atomic E-state index is 0.0213. The van der Waals surface area contributed by atoms with Gasteiger partial charge >= 0.3 is 26.8 Å². The number of carboxylic acid groups (broad SMARTS) is 1. The number of hydrogen-bond acceptors (Lipinski definition) is 21. The van der Waals surface area contributed by atoms with Crippen LogP contribution in [0, 0.1) is 17.8 Å². The van der Waals surface area contributed by atoms with Crippen molar-refractivity contribution in [3.63, 3.8) is 0 Å². The van der Waals surface area contributed by atoms with Gasteiger partial charge in [0.05, 0.1) is 31.5 Å². The SMILES string of the molecule is CCC1CC(C(=O)CCCOCCCC(=O)C[C@@H](COS(=O)(=O)O)OS(=O)(=O)O)C[C@@H](O[C@@H]2OC(CO)[C@H](O)C(O[C@@H](CC3CCCCC3)C(=O)O)C2NC(C)=O)[C@@H]1O[C@@H]1OC(C)[C@@H](O)C(O)[C@@H]1O. The second kappa shape index (κ2) is 27.6. The number of amides is 1. The van der Waals surface area contributed by atoms with Crippen molar-refractivity contribution < 1.29 is 113 Å². The summed E-state index contributed by atoms with van der Waals surface area (Å²) in [7, 11) is -10.1. The Bertz CT molecular complexity index is 1870. The van der Waals surface area contributed by atoms with Gasteiger partial charge in [-0.15, -0.1) is 0 Å². The number of ketones is 2. The minimum Gasteiger partial charge on any atom is -0.479 e. The number of nitrogens with one attached hydrogen (secondary N) is 1. The van der Waals surface area contributed by atoms with Crippen LogP contribution in [0.15, 0.2) is 0 Å². The maximum Gasteiger partial charge on any atom is 0.397 e. The first kappa shape index (κ1) is 59.1. The lowest BCUT2D eigenvalue weighted by Crippen LogP contribution is -2.67. The Kier molecular flexibility index (Phi) is 23.6. The molecule has 2 aliphatic heterocycles. The number of carboxylic acids is 1. The monoisotopic (exact) mass is 1040 g/mol. The molecule has 0 aromatic heterocycles. The molecule has 25 nitrogen and oxygen atoms in total. The first-order chi connectivity index (χ1) is 32.4. The molecule has 2 saturated carbocycles. The first-order valence-corrected chi connectivity index (χ1v) is 26.1. The topological polar surface area (TPSA) is 384 Å². The highest BCUT2D eigenvalue weighted by Gasteiger charge is 2.53. The maximum atomic E-state index is 13.9. The number of aliphatic hydroxyl groups excluding tert-OH is 5. The van der Waals surface area contributed by atoms with Crippen molar-refractivity contribution in [3.8, 4) is 0 Å². The van der Waals surface area contributed by atoms with Crippen LogP contribution >= 0.6 is 0 Å². The van der Waals surface area contributed by atoms with Crippen LogP contribution in [0.5, 0.6) is 0 Å². The average molecular weight is 1040 g/mol. The summed E-state index contributed by atoms with van der Waals surface area (Å²) in [6.45, 7) is 2.75. The first-order valence-electron chi connectivity index (χ1n) is 23.4. The molecule has 0 aromatic carbocycles. The van der Waals surface area contributed by atoms with Crippen LogP contribution in [-0.4, -0.2) is 192 Å². The number of hydrogen-bond donors (Lipinski definition) is 9. The van der Waals surface area contributed by atoms with E-state index in [0.29, 0.717) is 6.42 Å². The smallest absolute Gasteiger partial charge is 0.397 e. The number of carbonyl (C=O) groups is 4. The molecule has 69 heavy (non-hydrogen) atoms. The highest BCUT2D eigenvalue weighted by atomic mass is 32.3. The second-order valence-electron chi connectivity index (χ2n) is 18.3. The molecule has 4 rings (SSSR count). The van der Waals surface area contributed by atoms with E-state index in [9.17, 15) is 66.7 Å². The summed E-state index contributed by atoms with van der Waals surface area (Å²) in [6, 6.07) is -1.36. The number of rotatable bonds is 28. The zero-order chi connectivity index (χ0) is 51.2. The summed E-state index contributed by atoms with van der Waals surface area (Å²) in [5.41, 5.74) is 0. The highest BCUT2D eigenvalue weighted by Crippen LogP contribution is 2.40. The number of ether oxygens (including phenoxy) is 6. The van der Waals surface area contributed by atoms with Gasteiger partial charge in [0.25, 0.3) is 0 Å². The van der Waals surface area contributed by atoms with Crippen molar-refractivity contribution in [2.45, 2.75) is 196 Å². The molecule has 16 atom stereocenters. The van der Waals surface area contributed by atoms with Gasteiger partial charge in [-0.2, -0.15) is 16.8 Å². The van der Waals surface area contributed by atoms with E-state index in [0.717, 1.165) is 32.1 Å². The third kappa shape index (κ3) is 18.9. The van der Waals surface area contributed by atoms with Gasteiger partial charge in [-0.3, -0.25) is 23.5 Å². The van der Waals surface area contributed by atoms with Crippen LogP contribution in [-0.2, 0) is 76.8 Å². The molecule has 2 saturated heterocycles. The Labute approximate surface area is 401 Å². The van der Waals surface area contributed by atoms with Crippen molar-refractivity contribution in [2.75, 3.05) is 26.4 Å². The van der Waals surface area contributed by atoms with Gasteiger partial charge in [-0.1, -0.05) is 45.4 Å². The van der Waals surface area contributed by atoms with Crippen LogP contribution in [0.3, 0.4) is 0 Å². The van der Waals surface area contributed by atoms with Gasteiger partial charge < -0.3 is 64.4 Å². The molecule has 27 heteroatoms. The van der Waals surface area contributed by atoms with Crippen molar-refractivity contribution in [1.82, 2.24) is 5.32 Å². The summed E-state index contributed by atoms with van der Waals surface area (Å²) < 4.78 is 107. The van der Waals surface area contributed by atoms with Gasteiger partial charge in [0.15, 0.2) is 18.7 Å². The van der Waals surface area contributed by atoms with Crippen molar-refractivity contribution in [3.05, 3.63) is 0 Å². The lowest BCUT2D eigenvalue weighted by molar-refractivity contribution is -0.338. The lowest BCUT2D eigenvalue weighted by atomic mass is 9.74. The molecule has 2 heterocycles. The fourth-order valence-electron chi connectivity index (χ4n) is 9.46. The van der Waals surface area contributed by atoms with Gasteiger partial charge in [-0.25, -0.2) is 13.2 Å². The van der Waals surface area contributed by atoms with E-state index < -0.39 is 156 Å². The van der Waals surface area contributed by atoms with Crippen molar-refractivity contribution in [1.29, 1.82) is 0 Å². The van der Waals surface area contributed by atoms with Gasteiger partial charge in [0.2, 0.25) is 5.91 Å². The fraction of sp³-hybridized carbons (Fsp3) is 0.905. The Hall–Kier alpha value is -2.42. The summed E-state index contributed by atoms with van der Waals surface area (Å²) in [4.78, 5) is 51.7. The summed E-state index contributed by atoms with van der Waals surface area (Å²) in [6.07, 6.45) is -13.8. The summed E-state index contributed by atoms with van der Waals surface area (Å²) in [5, 5.41) is 66.7. The molecule has 0 radical (unpaired) electrons. The van der Waals surface area contributed by atoms with E-state index in [2.05, 4.69) is 13.7 Å². The Morgan fingerprint density at radius 1 is 0.812 bits per heavy atom.